The molecule has 12 fully saturated rings. The van der Waals surface area contributed by atoms with Gasteiger partial charge in [0.05, 0.1) is 73.5 Å². The summed E-state index contributed by atoms with van der Waals surface area (Å²) in [5.74, 6) is 9.81. The quantitative estimate of drug-likeness (QED) is 0.00599. The van der Waals surface area contributed by atoms with E-state index in [4.69, 9.17) is 55.4 Å². The van der Waals surface area contributed by atoms with E-state index in [1.54, 1.807) is 102 Å². The number of allylic oxidation sites excluding steroid dienone is 1. The molecule has 830 valence electrons. The number of methoxy groups -OCH3 is 2. The van der Waals surface area contributed by atoms with Crippen LogP contribution in [0.2, 0.25) is 0 Å². The van der Waals surface area contributed by atoms with Crippen molar-refractivity contribution in [2.24, 2.45) is 117 Å². The fraction of sp³-hybridized carbons (Fsp3) is 0.651. The molecule has 26 atom stereocenters. The molecule has 0 bridgehead atoms. The number of rotatable bonds is 10. The second-order valence-electron chi connectivity index (χ2n) is 42.3. The van der Waals surface area contributed by atoms with Crippen molar-refractivity contribution < 1.29 is 154 Å². The van der Waals surface area contributed by atoms with E-state index in [2.05, 4.69) is 78.1 Å². The van der Waals surface area contributed by atoms with Crippen molar-refractivity contribution in [2.45, 2.75) is 333 Å². The summed E-state index contributed by atoms with van der Waals surface area (Å²) in [5, 5.41) is 76.4. The van der Waals surface area contributed by atoms with E-state index >= 15 is 0 Å². The first-order valence-electron chi connectivity index (χ1n) is 48.5. The number of hydrogen-bond acceptors (Lipinski definition) is 29. The number of halogens is 3. The molecule has 17 N–H and O–H groups in total. The average Bonchev–Trinajstić information content (AvgIpc) is 1.56. The molecule has 15 aliphatic rings. The van der Waals surface area contributed by atoms with Crippen molar-refractivity contribution in [1.82, 2.24) is 30.7 Å². The molecule has 19 rings (SSSR count). The van der Waals surface area contributed by atoms with Crippen LogP contribution < -0.4 is 48.7 Å². The predicted molar refractivity (Wildman–Crippen MR) is 559 cm³/mol. The Kier molecular flexibility index (Phi) is 52.7. The molecule has 1 aromatic heterocycles. The van der Waals surface area contributed by atoms with Gasteiger partial charge in [0.1, 0.15) is 39.6 Å². The Morgan fingerprint density at radius 1 is 0.527 bits per heavy atom. The summed E-state index contributed by atoms with van der Waals surface area (Å²) in [5.41, 5.74) is 9.26. The molecule has 4 aromatic rings. The van der Waals surface area contributed by atoms with E-state index < -0.39 is 93.5 Å². The second-order valence-corrected chi connectivity index (χ2v) is 42.3. The van der Waals surface area contributed by atoms with Crippen LogP contribution in [-0.4, -0.2) is 209 Å². The minimum Gasteiger partial charge on any atom is -0.491 e. The number of ether oxygens (including phenoxy) is 7. The topological polar surface area (TPSA) is 558 Å². The molecular formula is C106H177ClF2N10O26Zn. The molecule has 0 saturated heterocycles. The fourth-order valence-corrected chi connectivity index (χ4v) is 19.8. The molecule has 3 aromatic carbocycles. The second kappa shape index (κ2) is 58.0. The van der Waals surface area contributed by atoms with Crippen LogP contribution in [0.15, 0.2) is 95.2 Å². The SMILES string of the molecule is C.C.C.CC(C)(C)OC(=O)N[C@@H]1C[C@@H](O)[C@H]2C[C@H]21.CC(C)(C)OC(=O)OC(=O)OC(C)(C)C.COC(=O)c1c(OC)c(=O)c(C(=O)NCc2ccc(F)cc2F)cn1CC(O)O.C[C@@H]1C[C@@H](N2C(=O)c3ccccc3C2=O)[C@@H]2C[C@@H]21.C[C@@H]1C[C@H](O)[C@@H]2C[C@@H]21.C[C@H]1C=C[C@@H](O)C1.C[C@H]1C[C@@H](NC(=O)OC(C)(C)C)[C@@H]2C[C@@H]21.Cl.NN=O.N[C@@H]1C[C@@H](O)[C@H]2C[C@H]21.N[C@@H]1C[C@H](O)[C@H]2C[C@H]21.O=C1NC(=O)c2ccccc21.[CH2-]C.[CH2-]C.[HH].[HH].[HH].[HH].[HH].[HH].[Zn+2]. The molecule has 13 aliphatic carbocycles. The monoisotopic (exact) mass is 2140 g/mol. The van der Waals surface area contributed by atoms with Gasteiger partial charge < -0.3 is 115 Å². The third-order valence-corrected chi connectivity index (χ3v) is 26.8. The first-order valence-corrected chi connectivity index (χ1v) is 48.5. The van der Waals surface area contributed by atoms with Gasteiger partial charge in [0.25, 0.3) is 29.5 Å². The number of carbonyl (C=O) groups excluding carboxylic acids is 10. The molecule has 0 radical (unpaired) electrons. The summed E-state index contributed by atoms with van der Waals surface area (Å²) in [7, 11) is 2.13. The first kappa shape index (κ1) is 133. The van der Waals surface area contributed by atoms with Gasteiger partial charge in [-0.25, -0.2) is 32.8 Å². The van der Waals surface area contributed by atoms with Crippen molar-refractivity contribution in [2.75, 3.05) is 14.2 Å². The Labute approximate surface area is 887 Å². The maximum absolute atomic E-state index is 13.7. The third kappa shape index (κ3) is 39.1. The van der Waals surface area contributed by atoms with Gasteiger partial charge in [-0.15, -0.1) is 17.3 Å². The van der Waals surface area contributed by atoms with Gasteiger partial charge in [-0.2, -0.15) is 13.8 Å². The van der Waals surface area contributed by atoms with E-state index in [1.165, 1.54) is 32.1 Å². The fourth-order valence-electron chi connectivity index (χ4n) is 19.8. The van der Waals surface area contributed by atoms with Crippen LogP contribution in [0.4, 0.5) is 28.0 Å². The number of imide groups is 2. The van der Waals surface area contributed by atoms with Crippen LogP contribution in [0.3, 0.4) is 0 Å². The van der Waals surface area contributed by atoms with Gasteiger partial charge in [-0.3, -0.25) is 44.8 Å². The van der Waals surface area contributed by atoms with Crippen molar-refractivity contribution in [3.63, 3.8) is 0 Å². The molecule has 146 heavy (non-hydrogen) atoms. The number of nitroso groups, excluding NO2 is 1. The zero-order valence-electron chi connectivity index (χ0n) is 86.0. The Morgan fingerprint density at radius 3 is 1.21 bits per heavy atom. The van der Waals surface area contributed by atoms with Gasteiger partial charge in [0.15, 0.2) is 17.7 Å². The minimum absolute atomic E-state index is 0. The number of pyridine rings is 1. The Hall–Kier alpha value is -9.54. The Balaban J connectivity index is -0.000000531. The number of alkyl carbamates (subject to hydrolysis) is 2. The van der Waals surface area contributed by atoms with E-state index in [1.807, 2.05) is 65.8 Å². The minimum atomic E-state index is -1.92. The summed E-state index contributed by atoms with van der Waals surface area (Å²) in [6, 6.07) is 17.9. The van der Waals surface area contributed by atoms with E-state index in [0.717, 1.165) is 118 Å². The number of carbonyl (C=O) groups is 10. The molecule has 40 heteroatoms. The van der Waals surface area contributed by atoms with E-state index in [-0.39, 0.29) is 153 Å². The Bertz CT molecular complexity index is 4810. The van der Waals surface area contributed by atoms with Gasteiger partial charge in [0.2, 0.25) is 5.43 Å². The summed E-state index contributed by atoms with van der Waals surface area (Å²) in [6.07, 6.45) is 13.4. The number of aromatic nitrogens is 1. The predicted octanol–water partition coefficient (Wildman–Crippen LogP) is 16.3. The van der Waals surface area contributed by atoms with Gasteiger partial charge >= 0.3 is 49.9 Å². The van der Waals surface area contributed by atoms with Crippen LogP contribution in [0, 0.1) is 125 Å². The molecule has 36 nitrogen and oxygen atoms in total. The number of hydrogen-bond donors (Lipinski definition) is 14. The molecule has 12 saturated carbocycles. The maximum Gasteiger partial charge on any atom is 2.00 e. The zero-order valence-corrected chi connectivity index (χ0v) is 89.8. The first-order chi connectivity index (χ1) is 65.9. The third-order valence-electron chi connectivity index (χ3n) is 26.8. The normalized spacial score (nSPS) is 28.9. The van der Waals surface area contributed by atoms with E-state index in [0.29, 0.717) is 112 Å². The summed E-state index contributed by atoms with van der Waals surface area (Å²) in [6.45, 7) is 39.2. The molecule has 0 spiro atoms. The van der Waals surface area contributed by atoms with Gasteiger partial charge in [0, 0.05) is 68.4 Å². The standard InChI is InChI=1S/C18H18F2N2O7.C15H15NO2.C12H21NO2.C11H19NO3.C10H18O5.C8H5NO2.C7H12O.2C6H11NO.C6H10O.2C2H5.3CH4.ClH.H2N2O.Zn.6H2/c1-28-16-14(18(27)29-2)22(8-13(23)24)7-11(15(16)25)17(26)21-6-9-3-4-10(19)5-12(9)20;1-8-6-13(12-7-11(8)12)16-14(17)9-4-2-3-5-10(9)15(16)18;1-7-5-10(9-6-8(7)9)13-11(14)15-12(2,3)4;1-11(2,3)15-10(14)12-8-5-9(13)7-4-6(7)8;1-9(2,3)14-7(11)13-8(12)15-10(4,5)6;10-7-5-3-1-2-4-6(5)8(11)9-7;1-4-2-7(8)6-3-5(4)6;2*7-5-2-6(8)4-1-3(4)5;1-5-2-3-6(7)4-5;2*1-2;;;;;1-2-3;;;;;;;/h3-5,7,13,23-24H,6,8H2,1-2H3,(H,21,26);2-5,8,11-13H,6-7H2,1H3;7-10H,5-6H2,1-4H3,(H,13,14);6-9,13H,4-5H2,1-3H3,(H,12,14);1-6H3;1-4H,(H,9,10,11);4-8H,2-3H2,1H3;2*3-6,8H,1-2,7H2;2-3,5-7H,4H2,1H3;2*1H2,2H3;3*1H4;1H;(H2,1,3);;6*1H/q;;;;;;;;;;2*-1;;;;;;+2;;;;;;/t;8-,11-,12-,13-;7-,8+,9+,10+;6-,7+,8-,9-;;;4-,5-,6-,7+;3-,4+,5-,6+;3-,4+,5-,6-;5-,6+;;;;;;;;;;;;;;/m.101..1110............../s1. The summed E-state index contributed by atoms with van der Waals surface area (Å²) >= 11 is 0. The molecular weight excluding hydrogens is 1970 g/mol. The van der Waals surface area contributed by atoms with Crippen LogP contribution >= 0.6 is 12.4 Å². The van der Waals surface area contributed by atoms with Crippen LogP contribution in [0.1, 0.15) is 307 Å². The number of aliphatic hydroxyl groups is 7. The van der Waals surface area contributed by atoms with Crippen LogP contribution in [0.5, 0.6) is 5.75 Å². The number of amides is 7. The maximum atomic E-state index is 13.7. The summed E-state index contributed by atoms with van der Waals surface area (Å²) in [4.78, 5) is 139. The van der Waals surface area contributed by atoms with Gasteiger partial charge in [-0.05, 0) is 292 Å². The largest absolute Gasteiger partial charge is 2.00 e. The zero-order chi connectivity index (χ0) is 106. The smallest absolute Gasteiger partial charge is 0.491 e. The van der Waals surface area contributed by atoms with Crippen LogP contribution in [0.25, 0.3) is 0 Å². The molecule has 7 amide bonds. The average molecular weight is 2150 g/mol. The van der Waals surface area contributed by atoms with Crippen molar-refractivity contribution in [1.29, 1.82) is 0 Å². The number of esters is 1. The van der Waals surface area contributed by atoms with Crippen LogP contribution in [-0.2, 0) is 61.0 Å². The van der Waals surface area contributed by atoms with Crippen molar-refractivity contribution in [3.8, 4) is 5.75 Å². The number of nitrogens with zero attached hydrogens (tertiary/aromatic N) is 3. The molecule has 3 heterocycles. The molecule has 2 aliphatic heterocycles. The number of aliphatic hydroxyl groups excluding tert-OH is 6. The van der Waals surface area contributed by atoms with Crippen molar-refractivity contribution >= 4 is 72.4 Å². The Morgan fingerprint density at radius 2 is 0.911 bits per heavy atom. The number of fused-ring (bicyclic) bond motifs is 8. The summed E-state index contributed by atoms with van der Waals surface area (Å²) < 4.78 is 61.3. The number of benzene rings is 3. The molecule has 0 unspecified atom stereocenters. The van der Waals surface area contributed by atoms with E-state index in [9.17, 15) is 81.9 Å². The van der Waals surface area contributed by atoms with Gasteiger partial charge in [-0.1, -0.05) is 92.5 Å². The number of nitrogens with one attached hydrogen (secondary N) is 4. The van der Waals surface area contributed by atoms with Crippen molar-refractivity contribution in [3.05, 3.63) is 165 Å². The number of nitrogens with two attached hydrogens (primary N) is 3.